The lowest BCUT2D eigenvalue weighted by atomic mass is 10.1. The van der Waals surface area contributed by atoms with Crippen LogP contribution in [0.3, 0.4) is 0 Å². The zero-order valence-corrected chi connectivity index (χ0v) is 10.1. The minimum absolute atomic E-state index is 0.00392. The monoisotopic (exact) mass is 245 g/mol. The Morgan fingerprint density at radius 3 is 2.62 bits per heavy atom. The van der Waals surface area contributed by atoms with Crippen LogP contribution in [-0.4, -0.2) is 21.2 Å². The minimum atomic E-state index is -3.62. The van der Waals surface area contributed by atoms with Gasteiger partial charge in [0.05, 0.1) is 0 Å². The highest BCUT2D eigenvalue weighted by atomic mass is 32.2. The molecule has 16 heavy (non-hydrogen) atoms. The standard InChI is InChI=1S/C10H15NO4S/c1-8(2)5-6-11-16(13,14)10-4-3-9(7-12)15-10/h3-4,7-8,11H,5-6H2,1-2H3. The van der Waals surface area contributed by atoms with Crippen LogP contribution in [0.4, 0.5) is 0 Å². The van der Waals surface area contributed by atoms with Gasteiger partial charge in [0, 0.05) is 6.54 Å². The van der Waals surface area contributed by atoms with Crippen LogP contribution in [-0.2, 0) is 10.0 Å². The third-order valence-electron chi connectivity index (χ3n) is 2.00. The molecular formula is C10H15NO4S. The summed E-state index contributed by atoms with van der Waals surface area (Å²) < 4.78 is 30.5. The van der Waals surface area contributed by atoms with Gasteiger partial charge in [0.1, 0.15) is 0 Å². The summed E-state index contributed by atoms with van der Waals surface area (Å²) in [5.41, 5.74) is 0. The molecular weight excluding hydrogens is 230 g/mol. The van der Waals surface area contributed by atoms with E-state index < -0.39 is 10.0 Å². The van der Waals surface area contributed by atoms with Crippen LogP contribution in [0.25, 0.3) is 0 Å². The van der Waals surface area contributed by atoms with Gasteiger partial charge in [-0.3, -0.25) is 4.79 Å². The second-order valence-corrected chi connectivity index (χ2v) is 5.55. The Hall–Kier alpha value is -1.14. The van der Waals surface area contributed by atoms with E-state index in [4.69, 9.17) is 4.42 Å². The average molecular weight is 245 g/mol. The molecule has 0 radical (unpaired) electrons. The number of carbonyl (C=O) groups excluding carboxylic acids is 1. The van der Waals surface area contributed by atoms with Gasteiger partial charge in [0.25, 0.3) is 10.0 Å². The van der Waals surface area contributed by atoms with Crippen molar-refractivity contribution in [1.29, 1.82) is 0 Å². The van der Waals surface area contributed by atoms with Crippen molar-refractivity contribution in [3.63, 3.8) is 0 Å². The molecule has 5 nitrogen and oxygen atoms in total. The van der Waals surface area contributed by atoms with E-state index >= 15 is 0 Å². The number of sulfonamides is 1. The molecule has 0 amide bonds. The zero-order chi connectivity index (χ0) is 12.2. The summed E-state index contributed by atoms with van der Waals surface area (Å²) in [5.74, 6) is 0.425. The van der Waals surface area contributed by atoms with Gasteiger partial charge in [0.15, 0.2) is 12.0 Å². The van der Waals surface area contributed by atoms with Crippen LogP contribution >= 0.6 is 0 Å². The first-order valence-corrected chi connectivity index (χ1v) is 6.48. The van der Waals surface area contributed by atoms with Gasteiger partial charge in [0.2, 0.25) is 5.09 Å². The molecule has 0 fully saturated rings. The lowest BCUT2D eigenvalue weighted by molar-refractivity contribution is 0.109. The van der Waals surface area contributed by atoms with Crippen molar-refractivity contribution in [2.24, 2.45) is 5.92 Å². The van der Waals surface area contributed by atoms with Gasteiger partial charge >= 0.3 is 0 Å². The fraction of sp³-hybridized carbons (Fsp3) is 0.500. The fourth-order valence-electron chi connectivity index (χ4n) is 1.10. The number of nitrogens with one attached hydrogen (secondary N) is 1. The van der Waals surface area contributed by atoms with Crippen molar-refractivity contribution in [3.8, 4) is 0 Å². The number of aldehydes is 1. The van der Waals surface area contributed by atoms with E-state index in [2.05, 4.69) is 4.72 Å². The quantitative estimate of drug-likeness (QED) is 0.769. The topological polar surface area (TPSA) is 76.4 Å². The van der Waals surface area contributed by atoms with Crippen LogP contribution < -0.4 is 4.72 Å². The van der Waals surface area contributed by atoms with Crippen LogP contribution in [0.2, 0.25) is 0 Å². The number of carbonyl (C=O) groups is 1. The van der Waals surface area contributed by atoms with E-state index in [1.54, 1.807) is 0 Å². The number of rotatable bonds is 6. The van der Waals surface area contributed by atoms with Gasteiger partial charge in [-0.15, -0.1) is 0 Å². The third-order valence-corrected chi connectivity index (χ3v) is 3.33. The van der Waals surface area contributed by atoms with Crippen LogP contribution in [0.5, 0.6) is 0 Å². The molecule has 0 saturated heterocycles. The van der Waals surface area contributed by atoms with Crippen molar-refractivity contribution in [3.05, 3.63) is 17.9 Å². The van der Waals surface area contributed by atoms with E-state index in [-0.39, 0.29) is 10.9 Å². The maximum absolute atomic E-state index is 11.6. The smallest absolute Gasteiger partial charge is 0.273 e. The molecule has 1 rings (SSSR count). The molecule has 0 spiro atoms. The zero-order valence-electron chi connectivity index (χ0n) is 9.26. The van der Waals surface area contributed by atoms with E-state index in [0.717, 1.165) is 6.42 Å². The summed E-state index contributed by atoms with van der Waals surface area (Å²) in [6.45, 7) is 4.37. The molecule has 1 N–H and O–H groups in total. The maximum atomic E-state index is 11.6. The summed E-state index contributed by atoms with van der Waals surface area (Å²) in [7, 11) is -3.62. The minimum Gasteiger partial charge on any atom is -0.440 e. The first kappa shape index (κ1) is 12.9. The summed E-state index contributed by atoms with van der Waals surface area (Å²) >= 11 is 0. The second-order valence-electron chi connectivity index (χ2n) is 3.85. The van der Waals surface area contributed by atoms with E-state index in [0.29, 0.717) is 18.7 Å². The van der Waals surface area contributed by atoms with E-state index in [1.807, 2.05) is 13.8 Å². The predicted octanol–water partition coefficient (Wildman–Crippen LogP) is 1.42. The average Bonchev–Trinajstić information content (AvgIpc) is 2.65. The third kappa shape index (κ3) is 3.46. The fourth-order valence-corrected chi connectivity index (χ4v) is 2.08. The Labute approximate surface area is 94.9 Å². The summed E-state index contributed by atoms with van der Waals surface area (Å²) in [6.07, 6.45) is 1.22. The molecule has 1 aromatic rings. The molecule has 6 heteroatoms. The highest BCUT2D eigenvalue weighted by Gasteiger charge is 2.17. The van der Waals surface area contributed by atoms with Crippen molar-refractivity contribution >= 4 is 16.3 Å². The van der Waals surface area contributed by atoms with Gasteiger partial charge in [-0.25, -0.2) is 13.1 Å². The molecule has 0 atom stereocenters. The Kier molecular flexibility index (Phi) is 4.26. The molecule has 90 valence electrons. The Morgan fingerprint density at radius 1 is 1.44 bits per heavy atom. The maximum Gasteiger partial charge on any atom is 0.273 e. The molecule has 0 saturated carbocycles. The van der Waals surface area contributed by atoms with Gasteiger partial charge in [-0.2, -0.15) is 0 Å². The molecule has 0 aliphatic carbocycles. The predicted molar refractivity (Wildman–Crippen MR) is 58.7 cm³/mol. The summed E-state index contributed by atoms with van der Waals surface area (Å²) in [5, 5.41) is -0.224. The van der Waals surface area contributed by atoms with Crippen molar-refractivity contribution in [2.75, 3.05) is 6.54 Å². The number of hydrogen-bond acceptors (Lipinski definition) is 4. The normalized spacial score (nSPS) is 11.9. The molecule has 0 aliphatic heterocycles. The molecule has 0 aliphatic rings. The lowest BCUT2D eigenvalue weighted by Gasteiger charge is -2.05. The first-order chi connectivity index (χ1) is 7.45. The van der Waals surface area contributed by atoms with Gasteiger partial charge < -0.3 is 4.42 Å². The highest BCUT2D eigenvalue weighted by molar-refractivity contribution is 7.89. The largest absolute Gasteiger partial charge is 0.440 e. The number of furan rings is 1. The van der Waals surface area contributed by atoms with Gasteiger partial charge in [-0.1, -0.05) is 13.8 Å². The highest BCUT2D eigenvalue weighted by Crippen LogP contribution is 2.12. The van der Waals surface area contributed by atoms with Crippen molar-refractivity contribution in [2.45, 2.75) is 25.4 Å². The number of hydrogen-bond donors (Lipinski definition) is 1. The van der Waals surface area contributed by atoms with Crippen molar-refractivity contribution < 1.29 is 17.6 Å². The van der Waals surface area contributed by atoms with Crippen LogP contribution in [0.1, 0.15) is 30.8 Å². The van der Waals surface area contributed by atoms with E-state index in [1.165, 1.54) is 12.1 Å². The van der Waals surface area contributed by atoms with Crippen LogP contribution in [0, 0.1) is 5.92 Å². The SMILES string of the molecule is CC(C)CCNS(=O)(=O)c1ccc(C=O)o1. The van der Waals surface area contributed by atoms with E-state index in [9.17, 15) is 13.2 Å². The Bertz CT molecular complexity index is 447. The molecule has 0 aromatic carbocycles. The molecule has 0 bridgehead atoms. The Balaban J connectivity index is 2.66. The first-order valence-electron chi connectivity index (χ1n) is 5.00. The molecule has 1 aromatic heterocycles. The lowest BCUT2D eigenvalue weighted by Crippen LogP contribution is -2.25. The summed E-state index contributed by atoms with van der Waals surface area (Å²) in [4.78, 5) is 10.3. The van der Waals surface area contributed by atoms with Crippen LogP contribution in [0.15, 0.2) is 21.6 Å². The van der Waals surface area contributed by atoms with Crippen molar-refractivity contribution in [1.82, 2.24) is 4.72 Å². The second kappa shape index (κ2) is 5.27. The molecule has 1 heterocycles. The van der Waals surface area contributed by atoms with Gasteiger partial charge in [-0.05, 0) is 24.5 Å². The Morgan fingerprint density at radius 2 is 2.12 bits per heavy atom. The molecule has 0 unspecified atom stereocenters. The summed E-state index contributed by atoms with van der Waals surface area (Å²) in [6, 6.07) is 2.59.